The highest BCUT2D eigenvalue weighted by Crippen LogP contribution is 2.38. The van der Waals surface area contributed by atoms with Crippen molar-refractivity contribution in [2.24, 2.45) is 0 Å². The summed E-state index contributed by atoms with van der Waals surface area (Å²) in [7, 11) is 0. The van der Waals surface area contributed by atoms with E-state index in [9.17, 15) is 0 Å². The van der Waals surface area contributed by atoms with Gasteiger partial charge in [0.15, 0.2) is 4.67 Å². The van der Waals surface area contributed by atoms with Crippen molar-refractivity contribution in [1.82, 2.24) is 5.32 Å². The Labute approximate surface area is 105 Å². The normalized spacial score (nSPS) is 27.2. The summed E-state index contributed by atoms with van der Waals surface area (Å²) in [5.74, 6) is 0.943. The van der Waals surface area contributed by atoms with Crippen LogP contribution in [0, 0.1) is 0 Å². The van der Waals surface area contributed by atoms with E-state index in [-0.39, 0.29) is 11.6 Å². The Morgan fingerprint density at radius 3 is 2.88 bits per heavy atom. The van der Waals surface area contributed by atoms with Crippen LogP contribution in [0.3, 0.4) is 0 Å². The van der Waals surface area contributed by atoms with Gasteiger partial charge >= 0.3 is 0 Å². The SMILES string of the molecule is CCNC(c1ccc(Br)o1)C1(C)CCCO1. The van der Waals surface area contributed by atoms with Gasteiger partial charge in [-0.1, -0.05) is 6.92 Å². The second kappa shape index (κ2) is 4.90. The number of ether oxygens (including phenoxy) is 1. The predicted molar refractivity (Wildman–Crippen MR) is 66.4 cm³/mol. The quantitative estimate of drug-likeness (QED) is 0.923. The molecule has 2 heterocycles. The van der Waals surface area contributed by atoms with Gasteiger partial charge in [0.05, 0.1) is 11.6 Å². The van der Waals surface area contributed by atoms with Crippen molar-refractivity contribution in [3.05, 3.63) is 22.6 Å². The number of hydrogen-bond acceptors (Lipinski definition) is 3. The first-order valence-electron chi connectivity index (χ1n) is 5.78. The molecule has 1 aliphatic heterocycles. The molecule has 90 valence electrons. The van der Waals surface area contributed by atoms with Crippen LogP contribution in [0.1, 0.15) is 38.5 Å². The molecule has 1 N–H and O–H groups in total. The smallest absolute Gasteiger partial charge is 0.169 e. The molecule has 1 saturated heterocycles. The number of furan rings is 1. The third kappa shape index (κ3) is 2.34. The van der Waals surface area contributed by atoms with Gasteiger partial charge in [-0.15, -0.1) is 0 Å². The molecule has 0 spiro atoms. The Morgan fingerprint density at radius 2 is 2.38 bits per heavy atom. The van der Waals surface area contributed by atoms with Crippen LogP contribution in [0.25, 0.3) is 0 Å². The van der Waals surface area contributed by atoms with Gasteiger partial charge in [0.2, 0.25) is 0 Å². The third-order valence-electron chi connectivity index (χ3n) is 3.15. The zero-order chi connectivity index (χ0) is 11.6. The van der Waals surface area contributed by atoms with Crippen LogP contribution in [0.2, 0.25) is 0 Å². The van der Waals surface area contributed by atoms with E-state index in [1.54, 1.807) is 0 Å². The van der Waals surface area contributed by atoms with Crippen LogP contribution in [0.5, 0.6) is 0 Å². The number of hydrogen-bond donors (Lipinski definition) is 1. The highest BCUT2D eigenvalue weighted by atomic mass is 79.9. The first kappa shape index (κ1) is 12.1. The fourth-order valence-corrected chi connectivity index (χ4v) is 2.65. The minimum atomic E-state index is -0.146. The molecule has 1 aromatic rings. The summed E-state index contributed by atoms with van der Waals surface area (Å²) in [6.45, 7) is 6.01. The molecule has 0 saturated carbocycles. The van der Waals surface area contributed by atoms with Crippen molar-refractivity contribution in [3.63, 3.8) is 0 Å². The minimum Gasteiger partial charge on any atom is -0.453 e. The Hall–Kier alpha value is -0.320. The highest BCUT2D eigenvalue weighted by Gasteiger charge is 2.40. The molecular weight excluding hydrogens is 270 g/mol. The summed E-state index contributed by atoms with van der Waals surface area (Å²) in [6.07, 6.45) is 2.20. The Morgan fingerprint density at radius 1 is 1.56 bits per heavy atom. The van der Waals surface area contributed by atoms with Gasteiger partial charge < -0.3 is 14.5 Å². The summed E-state index contributed by atoms with van der Waals surface area (Å²) in [4.78, 5) is 0. The largest absolute Gasteiger partial charge is 0.453 e. The average Bonchev–Trinajstić information content (AvgIpc) is 2.85. The maximum atomic E-state index is 5.88. The third-order valence-corrected chi connectivity index (χ3v) is 3.57. The zero-order valence-corrected chi connectivity index (χ0v) is 11.3. The molecule has 0 amide bonds. The van der Waals surface area contributed by atoms with E-state index in [2.05, 4.69) is 35.1 Å². The summed E-state index contributed by atoms with van der Waals surface area (Å²) in [5, 5.41) is 3.46. The number of halogens is 1. The Balaban J connectivity index is 2.22. The molecule has 2 rings (SSSR count). The van der Waals surface area contributed by atoms with Gasteiger partial charge in [0, 0.05) is 6.61 Å². The molecular formula is C12H18BrNO2. The molecule has 1 fully saturated rings. The molecule has 0 aromatic carbocycles. The van der Waals surface area contributed by atoms with E-state index in [0.29, 0.717) is 0 Å². The van der Waals surface area contributed by atoms with Crippen LogP contribution in [-0.4, -0.2) is 18.8 Å². The van der Waals surface area contributed by atoms with E-state index >= 15 is 0 Å². The summed E-state index contributed by atoms with van der Waals surface area (Å²) >= 11 is 3.34. The van der Waals surface area contributed by atoms with Crippen LogP contribution in [0.4, 0.5) is 0 Å². The van der Waals surface area contributed by atoms with Gasteiger partial charge in [-0.25, -0.2) is 0 Å². The lowest BCUT2D eigenvalue weighted by molar-refractivity contribution is -0.0179. The lowest BCUT2D eigenvalue weighted by Crippen LogP contribution is -2.41. The van der Waals surface area contributed by atoms with Crippen LogP contribution >= 0.6 is 15.9 Å². The fourth-order valence-electron chi connectivity index (χ4n) is 2.33. The Bertz CT molecular complexity index is 345. The minimum absolute atomic E-state index is 0.131. The lowest BCUT2D eigenvalue weighted by Gasteiger charge is -2.32. The van der Waals surface area contributed by atoms with Gasteiger partial charge in [0.25, 0.3) is 0 Å². The molecule has 3 nitrogen and oxygen atoms in total. The molecule has 1 aromatic heterocycles. The van der Waals surface area contributed by atoms with Crippen molar-refractivity contribution < 1.29 is 9.15 Å². The van der Waals surface area contributed by atoms with Crippen LogP contribution < -0.4 is 5.32 Å². The number of rotatable bonds is 4. The lowest BCUT2D eigenvalue weighted by atomic mass is 9.91. The van der Waals surface area contributed by atoms with Crippen molar-refractivity contribution in [2.45, 2.75) is 38.3 Å². The van der Waals surface area contributed by atoms with Crippen molar-refractivity contribution in [1.29, 1.82) is 0 Å². The molecule has 0 aliphatic carbocycles. The Kier molecular flexibility index (Phi) is 3.72. The standard InChI is InChI=1S/C12H18BrNO2/c1-3-14-11(9-5-6-10(13)16-9)12(2)7-4-8-15-12/h5-6,11,14H,3-4,7-8H2,1-2H3. The van der Waals surface area contributed by atoms with Gasteiger partial charge in [-0.3, -0.25) is 0 Å². The van der Waals surface area contributed by atoms with Crippen LogP contribution in [0.15, 0.2) is 21.2 Å². The first-order valence-corrected chi connectivity index (χ1v) is 6.57. The zero-order valence-electron chi connectivity index (χ0n) is 9.75. The first-order chi connectivity index (χ1) is 7.65. The van der Waals surface area contributed by atoms with Gasteiger partial charge in [0.1, 0.15) is 5.76 Å². The molecule has 16 heavy (non-hydrogen) atoms. The van der Waals surface area contributed by atoms with Crippen molar-refractivity contribution >= 4 is 15.9 Å². The molecule has 1 aliphatic rings. The van der Waals surface area contributed by atoms with E-state index in [1.165, 1.54) is 0 Å². The molecule has 0 radical (unpaired) electrons. The molecule has 2 atom stereocenters. The fraction of sp³-hybridized carbons (Fsp3) is 0.667. The summed E-state index contributed by atoms with van der Waals surface area (Å²) in [6, 6.07) is 4.06. The monoisotopic (exact) mass is 287 g/mol. The maximum absolute atomic E-state index is 5.88. The predicted octanol–water partition coefficient (Wildman–Crippen LogP) is 3.26. The van der Waals surface area contributed by atoms with Crippen molar-refractivity contribution in [3.8, 4) is 0 Å². The van der Waals surface area contributed by atoms with Crippen LogP contribution in [-0.2, 0) is 4.74 Å². The maximum Gasteiger partial charge on any atom is 0.169 e. The average molecular weight is 288 g/mol. The number of nitrogens with one attached hydrogen (secondary N) is 1. The molecule has 0 bridgehead atoms. The molecule has 4 heteroatoms. The van der Waals surface area contributed by atoms with Gasteiger partial charge in [-0.2, -0.15) is 0 Å². The van der Waals surface area contributed by atoms with E-state index in [4.69, 9.17) is 9.15 Å². The van der Waals surface area contributed by atoms with Gasteiger partial charge in [-0.05, 0) is 54.4 Å². The molecule has 2 unspecified atom stereocenters. The topological polar surface area (TPSA) is 34.4 Å². The van der Waals surface area contributed by atoms with E-state index in [1.807, 2.05) is 12.1 Å². The summed E-state index contributed by atoms with van der Waals surface area (Å²) in [5.41, 5.74) is -0.146. The number of likely N-dealkylation sites (N-methyl/N-ethyl adjacent to an activating group) is 1. The van der Waals surface area contributed by atoms with E-state index in [0.717, 1.165) is 36.4 Å². The highest BCUT2D eigenvalue weighted by molar-refractivity contribution is 9.10. The van der Waals surface area contributed by atoms with E-state index < -0.39 is 0 Å². The second-order valence-corrected chi connectivity index (χ2v) is 5.18. The van der Waals surface area contributed by atoms with Crippen molar-refractivity contribution in [2.75, 3.05) is 13.2 Å². The summed E-state index contributed by atoms with van der Waals surface area (Å²) < 4.78 is 12.3. The second-order valence-electron chi connectivity index (χ2n) is 4.40.